The van der Waals surface area contributed by atoms with Crippen LogP contribution in [0.25, 0.3) is 0 Å². The van der Waals surface area contributed by atoms with E-state index in [9.17, 15) is 9.59 Å². The van der Waals surface area contributed by atoms with Crippen LogP contribution in [0, 0.1) is 12.8 Å². The second kappa shape index (κ2) is 6.35. The maximum absolute atomic E-state index is 12.7. The van der Waals surface area contributed by atoms with Crippen LogP contribution in [-0.2, 0) is 4.79 Å². The lowest BCUT2D eigenvalue weighted by atomic mass is 10.1. The predicted octanol–water partition coefficient (Wildman–Crippen LogP) is 2.07. The number of carbonyl (C=O) groups excluding carboxylic acids is 2. The summed E-state index contributed by atoms with van der Waals surface area (Å²) in [4.78, 5) is 28.7. The number of rotatable bonds is 3. The Kier molecular flexibility index (Phi) is 4.03. The van der Waals surface area contributed by atoms with Gasteiger partial charge in [-0.1, -0.05) is 35.5 Å². The fraction of sp³-hybridized carbons (Fsp3) is 0.421. The van der Waals surface area contributed by atoms with Gasteiger partial charge >= 0.3 is 0 Å². The molecule has 130 valence electrons. The number of aryl methyl sites for hydroxylation is 1. The molecule has 0 radical (unpaired) electrons. The van der Waals surface area contributed by atoms with Crippen LogP contribution in [0.4, 0.5) is 0 Å². The summed E-state index contributed by atoms with van der Waals surface area (Å²) >= 11 is 0. The minimum atomic E-state index is -0.127. The average Bonchev–Trinajstić information content (AvgIpc) is 3.35. The summed E-state index contributed by atoms with van der Waals surface area (Å²) in [5, 5.41) is 3.78. The topological polar surface area (TPSA) is 66.7 Å². The van der Waals surface area contributed by atoms with Crippen LogP contribution < -0.4 is 0 Å². The number of aromatic nitrogens is 1. The van der Waals surface area contributed by atoms with Crippen LogP contribution >= 0.6 is 0 Å². The Bertz CT molecular complexity index is 778. The molecule has 1 aliphatic carbocycles. The molecule has 2 aliphatic rings. The zero-order valence-electron chi connectivity index (χ0n) is 14.2. The molecule has 4 rings (SSSR count). The molecule has 1 saturated carbocycles. The van der Waals surface area contributed by atoms with Gasteiger partial charge in [-0.2, -0.15) is 0 Å². The van der Waals surface area contributed by atoms with Crippen molar-refractivity contribution in [1.29, 1.82) is 0 Å². The molecular weight excluding hydrogens is 318 g/mol. The van der Waals surface area contributed by atoms with Crippen molar-refractivity contribution in [2.24, 2.45) is 5.92 Å². The van der Waals surface area contributed by atoms with Crippen molar-refractivity contribution in [3.63, 3.8) is 0 Å². The number of piperazine rings is 1. The van der Waals surface area contributed by atoms with Gasteiger partial charge in [0.1, 0.15) is 5.76 Å². The minimum absolute atomic E-state index is 0.0999. The third kappa shape index (κ3) is 3.16. The van der Waals surface area contributed by atoms with Gasteiger partial charge in [-0.3, -0.25) is 9.59 Å². The first kappa shape index (κ1) is 15.9. The average molecular weight is 339 g/mol. The SMILES string of the molecule is Cc1cc(C(=O)N2CCN(C(=O)[C@H]3C[C@@H]3c3ccccc3)CC2)no1. The van der Waals surface area contributed by atoms with Gasteiger partial charge in [0.05, 0.1) is 0 Å². The second-order valence-corrected chi connectivity index (χ2v) is 6.80. The highest BCUT2D eigenvalue weighted by molar-refractivity contribution is 5.92. The molecule has 6 nitrogen and oxygen atoms in total. The van der Waals surface area contributed by atoms with E-state index in [1.807, 2.05) is 23.1 Å². The molecule has 2 aromatic rings. The lowest BCUT2D eigenvalue weighted by molar-refractivity contribution is -0.134. The molecule has 1 aromatic heterocycles. The van der Waals surface area contributed by atoms with Gasteiger partial charge in [0.15, 0.2) is 5.69 Å². The van der Waals surface area contributed by atoms with Crippen LogP contribution in [0.15, 0.2) is 40.9 Å². The molecule has 2 fully saturated rings. The molecule has 2 heterocycles. The van der Waals surface area contributed by atoms with E-state index in [4.69, 9.17) is 4.52 Å². The monoisotopic (exact) mass is 339 g/mol. The molecule has 0 spiro atoms. The van der Waals surface area contributed by atoms with Crippen molar-refractivity contribution in [2.45, 2.75) is 19.3 Å². The Morgan fingerprint density at radius 3 is 2.40 bits per heavy atom. The highest BCUT2D eigenvalue weighted by Gasteiger charge is 2.46. The van der Waals surface area contributed by atoms with Gasteiger partial charge < -0.3 is 14.3 Å². The van der Waals surface area contributed by atoms with E-state index in [1.54, 1.807) is 17.9 Å². The Hall–Kier alpha value is -2.63. The van der Waals surface area contributed by atoms with Gasteiger partial charge in [0, 0.05) is 38.2 Å². The number of benzene rings is 1. The van der Waals surface area contributed by atoms with Crippen molar-refractivity contribution in [2.75, 3.05) is 26.2 Å². The van der Waals surface area contributed by atoms with Crippen molar-refractivity contribution in [3.05, 3.63) is 53.4 Å². The van der Waals surface area contributed by atoms with E-state index in [-0.39, 0.29) is 17.7 Å². The highest BCUT2D eigenvalue weighted by Crippen LogP contribution is 2.48. The summed E-state index contributed by atoms with van der Waals surface area (Å²) in [5.41, 5.74) is 1.58. The van der Waals surface area contributed by atoms with Crippen molar-refractivity contribution in [3.8, 4) is 0 Å². The van der Waals surface area contributed by atoms with E-state index in [2.05, 4.69) is 17.3 Å². The number of carbonyl (C=O) groups is 2. The van der Waals surface area contributed by atoms with Crippen molar-refractivity contribution >= 4 is 11.8 Å². The smallest absolute Gasteiger partial charge is 0.276 e. The molecule has 1 saturated heterocycles. The summed E-state index contributed by atoms with van der Waals surface area (Å²) in [6.45, 7) is 4.01. The third-order valence-corrected chi connectivity index (χ3v) is 5.06. The molecule has 2 atom stereocenters. The van der Waals surface area contributed by atoms with Gasteiger partial charge in [0.25, 0.3) is 5.91 Å². The molecule has 0 unspecified atom stereocenters. The van der Waals surface area contributed by atoms with E-state index in [1.165, 1.54) is 5.56 Å². The molecule has 1 aromatic carbocycles. The van der Waals surface area contributed by atoms with Gasteiger partial charge in [0.2, 0.25) is 5.91 Å². The Morgan fingerprint density at radius 2 is 1.76 bits per heavy atom. The van der Waals surface area contributed by atoms with E-state index in [0.29, 0.717) is 43.6 Å². The first-order chi connectivity index (χ1) is 12.1. The first-order valence-corrected chi connectivity index (χ1v) is 8.70. The van der Waals surface area contributed by atoms with Crippen LogP contribution in [0.2, 0.25) is 0 Å². The van der Waals surface area contributed by atoms with Gasteiger partial charge in [-0.05, 0) is 24.8 Å². The second-order valence-electron chi connectivity index (χ2n) is 6.80. The predicted molar refractivity (Wildman–Crippen MR) is 91.0 cm³/mol. The molecule has 0 bridgehead atoms. The van der Waals surface area contributed by atoms with Gasteiger partial charge in [-0.25, -0.2) is 0 Å². The quantitative estimate of drug-likeness (QED) is 0.859. The Morgan fingerprint density at radius 1 is 1.08 bits per heavy atom. The maximum Gasteiger partial charge on any atom is 0.276 e. The van der Waals surface area contributed by atoms with E-state index in [0.717, 1.165) is 6.42 Å². The molecule has 25 heavy (non-hydrogen) atoms. The summed E-state index contributed by atoms with van der Waals surface area (Å²) in [5.74, 6) is 1.17. The van der Waals surface area contributed by atoms with E-state index >= 15 is 0 Å². The maximum atomic E-state index is 12.7. The highest BCUT2D eigenvalue weighted by atomic mass is 16.5. The molecule has 2 amide bonds. The number of hydrogen-bond donors (Lipinski definition) is 0. The number of hydrogen-bond acceptors (Lipinski definition) is 4. The summed E-state index contributed by atoms with van der Waals surface area (Å²) in [6, 6.07) is 11.9. The molecule has 6 heteroatoms. The number of nitrogens with zero attached hydrogens (tertiary/aromatic N) is 3. The molecule has 0 N–H and O–H groups in total. The lowest BCUT2D eigenvalue weighted by Gasteiger charge is -2.34. The minimum Gasteiger partial charge on any atom is -0.361 e. The Labute approximate surface area is 146 Å². The van der Waals surface area contributed by atoms with E-state index < -0.39 is 0 Å². The normalized spacial score (nSPS) is 22.8. The van der Waals surface area contributed by atoms with Crippen LogP contribution in [-0.4, -0.2) is 52.9 Å². The standard InChI is InChI=1S/C19H21N3O3/c1-13-11-17(20-25-13)19(24)22-9-7-21(8-10-22)18(23)16-12-15(16)14-5-3-2-4-6-14/h2-6,11,15-16H,7-10,12H2,1H3/t15-,16+/m1/s1. The summed E-state index contributed by atoms with van der Waals surface area (Å²) < 4.78 is 4.97. The lowest BCUT2D eigenvalue weighted by Crippen LogP contribution is -2.51. The number of amides is 2. The van der Waals surface area contributed by atoms with Crippen LogP contribution in [0.1, 0.15) is 34.2 Å². The molecular formula is C19H21N3O3. The third-order valence-electron chi connectivity index (χ3n) is 5.06. The molecule has 1 aliphatic heterocycles. The van der Waals surface area contributed by atoms with Gasteiger partial charge in [-0.15, -0.1) is 0 Å². The zero-order valence-corrected chi connectivity index (χ0v) is 14.2. The summed E-state index contributed by atoms with van der Waals surface area (Å²) in [7, 11) is 0. The summed E-state index contributed by atoms with van der Waals surface area (Å²) in [6.07, 6.45) is 0.931. The fourth-order valence-corrected chi connectivity index (χ4v) is 3.53. The largest absolute Gasteiger partial charge is 0.361 e. The fourth-order valence-electron chi connectivity index (χ4n) is 3.53. The Balaban J connectivity index is 1.32. The van der Waals surface area contributed by atoms with Crippen molar-refractivity contribution < 1.29 is 14.1 Å². The van der Waals surface area contributed by atoms with Crippen molar-refractivity contribution in [1.82, 2.24) is 15.0 Å². The van der Waals surface area contributed by atoms with Crippen LogP contribution in [0.5, 0.6) is 0 Å². The zero-order chi connectivity index (χ0) is 17.4. The first-order valence-electron chi connectivity index (χ1n) is 8.70. The van der Waals surface area contributed by atoms with Crippen LogP contribution in [0.3, 0.4) is 0 Å².